The Bertz CT molecular complexity index is 1120. The van der Waals surface area contributed by atoms with E-state index in [0.717, 1.165) is 74.5 Å². The van der Waals surface area contributed by atoms with Gasteiger partial charge in [0, 0.05) is 65.1 Å². The molecule has 4 heterocycles. The van der Waals surface area contributed by atoms with Gasteiger partial charge in [0.05, 0.1) is 5.69 Å². The van der Waals surface area contributed by atoms with Gasteiger partial charge >= 0.3 is 0 Å². The number of hydrogen-bond donors (Lipinski definition) is 1. The minimum Gasteiger partial charge on any atom is -0.454 e. The number of nitrogens with one attached hydrogen (secondary N) is 1. The van der Waals surface area contributed by atoms with Gasteiger partial charge in [-0.05, 0) is 36.2 Å². The molecule has 2 aliphatic rings. The maximum absolute atomic E-state index is 5.50. The van der Waals surface area contributed by atoms with Crippen LogP contribution in [-0.4, -0.2) is 71.7 Å². The summed E-state index contributed by atoms with van der Waals surface area (Å²) in [6.07, 6.45) is 5.03. The maximum Gasteiger partial charge on any atom is 0.231 e. The third kappa shape index (κ3) is 5.35. The van der Waals surface area contributed by atoms with E-state index < -0.39 is 0 Å². The highest BCUT2D eigenvalue weighted by atomic mass is 127. The standard InChI is InChI=1S/C24H30N6O2.HI/c1-18-4-3-9-30-16-20(27-23(18)30)7-8-26-24(25-2)29-12-10-28(11-13-29)15-19-5-6-21-22(14-19)32-17-31-21;/h3-6,9,14,16H,7-8,10-13,15,17H2,1-2H3,(H,25,26);1H. The summed E-state index contributed by atoms with van der Waals surface area (Å²) < 4.78 is 13.0. The highest BCUT2D eigenvalue weighted by Crippen LogP contribution is 2.32. The second-order valence-electron chi connectivity index (χ2n) is 8.33. The fraction of sp³-hybridized carbons (Fsp3) is 0.417. The second kappa shape index (κ2) is 10.6. The number of pyridine rings is 1. The molecule has 5 rings (SSSR count). The van der Waals surface area contributed by atoms with E-state index in [1.54, 1.807) is 0 Å². The van der Waals surface area contributed by atoms with Crippen molar-refractivity contribution in [1.29, 1.82) is 0 Å². The van der Waals surface area contributed by atoms with E-state index in [-0.39, 0.29) is 24.0 Å². The van der Waals surface area contributed by atoms with E-state index in [1.165, 1.54) is 11.1 Å². The highest BCUT2D eigenvalue weighted by molar-refractivity contribution is 14.0. The lowest BCUT2D eigenvalue weighted by Crippen LogP contribution is -2.52. The quantitative estimate of drug-likeness (QED) is 0.293. The van der Waals surface area contributed by atoms with E-state index in [9.17, 15) is 0 Å². The van der Waals surface area contributed by atoms with E-state index in [2.05, 4.69) is 61.9 Å². The van der Waals surface area contributed by atoms with Gasteiger partial charge in [0.1, 0.15) is 5.65 Å². The molecular weight excluding hydrogens is 531 g/mol. The van der Waals surface area contributed by atoms with Crippen LogP contribution in [0.15, 0.2) is 47.7 Å². The van der Waals surface area contributed by atoms with Crippen molar-refractivity contribution in [2.45, 2.75) is 19.9 Å². The number of aromatic nitrogens is 2. The molecule has 2 aliphatic heterocycles. The van der Waals surface area contributed by atoms with Crippen LogP contribution in [0, 0.1) is 6.92 Å². The minimum absolute atomic E-state index is 0. The number of halogens is 1. The molecule has 8 nitrogen and oxygen atoms in total. The molecule has 176 valence electrons. The van der Waals surface area contributed by atoms with Gasteiger partial charge in [-0.2, -0.15) is 0 Å². The zero-order chi connectivity index (χ0) is 21.9. The molecule has 2 aromatic heterocycles. The molecule has 1 saturated heterocycles. The van der Waals surface area contributed by atoms with Crippen molar-refractivity contribution in [3.05, 3.63) is 59.5 Å². The van der Waals surface area contributed by atoms with Gasteiger partial charge in [-0.25, -0.2) is 4.98 Å². The van der Waals surface area contributed by atoms with Crippen LogP contribution in [0.3, 0.4) is 0 Å². The van der Waals surface area contributed by atoms with E-state index >= 15 is 0 Å². The number of fused-ring (bicyclic) bond motifs is 2. The number of aryl methyl sites for hydroxylation is 1. The lowest BCUT2D eigenvalue weighted by Gasteiger charge is -2.36. The summed E-state index contributed by atoms with van der Waals surface area (Å²) in [5.74, 6) is 2.66. The van der Waals surface area contributed by atoms with Crippen LogP contribution in [-0.2, 0) is 13.0 Å². The number of benzene rings is 1. The average molecular weight is 562 g/mol. The van der Waals surface area contributed by atoms with Gasteiger partial charge in [0.15, 0.2) is 17.5 Å². The zero-order valence-corrected chi connectivity index (χ0v) is 21.5. The van der Waals surface area contributed by atoms with Crippen molar-refractivity contribution in [3.8, 4) is 11.5 Å². The Morgan fingerprint density at radius 1 is 1.12 bits per heavy atom. The number of piperazine rings is 1. The average Bonchev–Trinajstić information content (AvgIpc) is 3.44. The minimum atomic E-state index is 0. The predicted octanol–water partition coefficient (Wildman–Crippen LogP) is 2.93. The third-order valence-electron chi connectivity index (χ3n) is 6.12. The molecule has 0 bridgehead atoms. The van der Waals surface area contributed by atoms with Crippen molar-refractivity contribution in [3.63, 3.8) is 0 Å². The maximum atomic E-state index is 5.50. The summed E-state index contributed by atoms with van der Waals surface area (Å²) in [4.78, 5) is 14.1. The van der Waals surface area contributed by atoms with Crippen LogP contribution in [0.25, 0.3) is 5.65 Å². The number of nitrogens with zero attached hydrogens (tertiary/aromatic N) is 5. The smallest absolute Gasteiger partial charge is 0.231 e. The third-order valence-corrected chi connectivity index (χ3v) is 6.12. The van der Waals surface area contributed by atoms with Gasteiger partial charge in [0.25, 0.3) is 0 Å². The monoisotopic (exact) mass is 562 g/mol. The fourth-order valence-electron chi connectivity index (χ4n) is 4.37. The lowest BCUT2D eigenvalue weighted by atomic mass is 10.1. The first-order chi connectivity index (χ1) is 15.7. The van der Waals surface area contributed by atoms with Gasteiger partial charge < -0.3 is 24.1 Å². The lowest BCUT2D eigenvalue weighted by molar-refractivity contribution is 0.171. The molecule has 9 heteroatoms. The van der Waals surface area contributed by atoms with Crippen LogP contribution in [0.2, 0.25) is 0 Å². The topological polar surface area (TPSA) is 66.6 Å². The van der Waals surface area contributed by atoms with Crippen molar-refractivity contribution in [2.24, 2.45) is 4.99 Å². The molecule has 1 aromatic carbocycles. The van der Waals surface area contributed by atoms with Gasteiger partial charge in [-0.1, -0.05) is 12.1 Å². The molecule has 1 N–H and O–H groups in total. The summed E-state index contributed by atoms with van der Waals surface area (Å²) in [6, 6.07) is 10.4. The van der Waals surface area contributed by atoms with Crippen molar-refractivity contribution >= 4 is 35.6 Å². The molecule has 0 aliphatic carbocycles. The number of ether oxygens (including phenoxy) is 2. The molecule has 0 spiro atoms. The first-order valence-electron chi connectivity index (χ1n) is 11.2. The predicted molar refractivity (Wildman–Crippen MR) is 140 cm³/mol. The Morgan fingerprint density at radius 3 is 2.73 bits per heavy atom. The van der Waals surface area contributed by atoms with Crippen molar-refractivity contribution < 1.29 is 9.47 Å². The molecule has 0 unspecified atom stereocenters. The molecule has 3 aromatic rings. The number of imidazole rings is 1. The summed E-state index contributed by atoms with van der Waals surface area (Å²) >= 11 is 0. The van der Waals surface area contributed by atoms with Gasteiger partial charge in [-0.3, -0.25) is 9.89 Å². The van der Waals surface area contributed by atoms with Crippen LogP contribution < -0.4 is 14.8 Å². The van der Waals surface area contributed by atoms with Gasteiger partial charge in [0.2, 0.25) is 6.79 Å². The Kier molecular flexibility index (Phi) is 7.59. The molecule has 1 fully saturated rings. The Morgan fingerprint density at radius 2 is 1.94 bits per heavy atom. The van der Waals surface area contributed by atoms with E-state index in [0.29, 0.717) is 6.79 Å². The van der Waals surface area contributed by atoms with Gasteiger partial charge in [-0.15, -0.1) is 24.0 Å². The largest absolute Gasteiger partial charge is 0.454 e. The molecule has 0 atom stereocenters. The summed E-state index contributed by atoms with van der Waals surface area (Å²) in [5.41, 5.74) is 4.58. The molecule has 0 saturated carbocycles. The fourth-order valence-corrected chi connectivity index (χ4v) is 4.37. The van der Waals surface area contributed by atoms with Crippen molar-refractivity contribution in [2.75, 3.05) is 46.6 Å². The first-order valence-corrected chi connectivity index (χ1v) is 11.2. The summed E-state index contributed by atoms with van der Waals surface area (Å²) in [5, 5.41) is 3.52. The van der Waals surface area contributed by atoms with Crippen LogP contribution >= 0.6 is 24.0 Å². The number of guanidine groups is 1. The highest BCUT2D eigenvalue weighted by Gasteiger charge is 2.21. The van der Waals surface area contributed by atoms with E-state index in [1.807, 2.05) is 19.3 Å². The summed E-state index contributed by atoms with van der Waals surface area (Å²) in [6.45, 7) is 8.06. The first kappa shape index (κ1) is 23.6. The molecular formula is C24H31IN6O2. The Labute approximate surface area is 211 Å². The van der Waals surface area contributed by atoms with Crippen molar-refractivity contribution in [1.82, 2.24) is 24.5 Å². The normalized spacial score (nSPS) is 16.2. The summed E-state index contributed by atoms with van der Waals surface area (Å²) in [7, 11) is 1.86. The molecule has 0 radical (unpaired) electrons. The Balaban J connectivity index is 0.00000259. The van der Waals surface area contributed by atoms with Crippen LogP contribution in [0.4, 0.5) is 0 Å². The van der Waals surface area contributed by atoms with Crippen LogP contribution in [0.5, 0.6) is 11.5 Å². The molecule has 33 heavy (non-hydrogen) atoms. The number of rotatable bonds is 5. The molecule has 0 amide bonds. The van der Waals surface area contributed by atoms with Crippen LogP contribution in [0.1, 0.15) is 16.8 Å². The SMILES string of the molecule is CN=C(NCCc1cn2cccc(C)c2n1)N1CCN(Cc2ccc3c(c2)OCO3)CC1.I. The number of aliphatic imine (C=N–C) groups is 1. The second-order valence-corrected chi connectivity index (χ2v) is 8.33. The Hall–Kier alpha value is -2.53. The number of hydrogen-bond acceptors (Lipinski definition) is 5. The zero-order valence-electron chi connectivity index (χ0n) is 19.2. The van der Waals surface area contributed by atoms with E-state index in [4.69, 9.17) is 14.5 Å².